The first-order chi connectivity index (χ1) is 22.0. The summed E-state index contributed by atoms with van der Waals surface area (Å²) in [7, 11) is 1.15. The van der Waals surface area contributed by atoms with Gasteiger partial charge in [0.15, 0.2) is 6.10 Å². The molecule has 46 heavy (non-hydrogen) atoms. The van der Waals surface area contributed by atoms with Gasteiger partial charge in [0.2, 0.25) is 0 Å². The third-order valence-electron chi connectivity index (χ3n) is 7.44. The van der Waals surface area contributed by atoms with E-state index in [-0.39, 0.29) is 26.1 Å². The molecule has 0 saturated heterocycles. The summed E-state index contributed by atoms with van der Waals surface area (Å²) in [5, 5.41) is 0. The highest BCUT2D eigenvalue weighted by Crippen LogP contribution is 2.38. The van der Waals surface area contributed by atoms with Crippen LogP contribution in [0.4, 0.5) is 0 Å². The number of nitrogens with zero attached hydrogens (tertiary/aromatic N) is 1. The summed E-state index contributed by atoms with van der Waals surface area (Å²) in [6, 6.07) is 0. The molecule has 270 valence electrons. The fraction of sp³-hybridized carbons (Fsp3) is 0.833. The third kappa shape index (κ3) is 32.4. The molecule has 0 aliphatic carbocycles. The minimum Gasteiger partial charge on any atom is -0.756 e. The molecule has 0 fully saturated rings. The lowest BCUT2D eigenvalue weighted by Gasteiger charge is -2.28. The van der Waals surface area contributed by atoms with E-state index in [0.29, 0.717) is 23.9 Å². The van der Waals surface area contributed by atoms with Crippen molar-refractivity contribution in [1.29, 1.82) is 0 Å². The number of quaternary nitrogens is 1. The Labute approximate surface area is 281 Å². The first-order valence-electron chi connectivity index (χ1n) is 18.0. The number of esters is 2. The van der Waals surface area contributed by atoms with Crippen LogP contribution in [0.15, 0.2) is 24.3 Å². The zero-order chi connectivity index (χ0) is 34.4. The zero-order valence-corrected chi connectivity index (χ0v) is 30.9. The minimum absolute atomic E-state index is 0.0323. The van der Waals surface area contributed by atoms with Gasteiger partial charge in [-0.3, -0.25) is 14.2 Å². The monoisotopic (exact) mass is 673 g/mol. The summed E-state index contributed by atoms with van der Waals surface area (Å²) in [5.74, 6) is -0.901. The van der Waals surface area contributed by atoms with Gasteiger partial charge in [-0.1, -0.05) is 109 Å². The third-order valence-corrected chi connectivity index (χ3v) is 8.41. The first kappa shape index (κ1) is 44.5. The summed E-state index contributed by atoms with van der Waals surface area (Å²) in [5.41, 5.74) is 0. The molecule has 0 aromatic carbocycles. The van der Waals surface area contributed by atoms with Gasteiger partial charge >= 0.3 is 11.9 Å². The molecule has 2 atom stereocenters. The number of ether oxygens (including phenoxy) is 2. The molecule has 10 heteroatoms. The van der Waals surface area contributed by atoms with Crippen LogP contribution in [-0.4, -0.2) is 70.0 Å². The fourth-order valence-corrected chi connectivity index (χ4v) is 5.33. The molecular weight excluding hydrogens is 605 g/mol. The second kappa shape index (κ2) is 29.6. The lowest BCUT2D eigenvalue weighted by molar-refractivity contribution is -0.870. The lowest BCUT2D eigenvalue weighted by Crippen LogP contribution is -2.37. The Morgan fingerprint density at radius 3 is 1.76 bits per heavy atom. The van der Waals surface area contributed by atoms with Crippen molar-refractivity contribution in [2.24, 2.45) is 0 Å². The van der Waals surface area contributed by atoms with Gasteiger partial charge in [0, 0.05) is 12.8 Å². The molecule has 9 nitrogen and oxygen atoms in total. The zero-order valence-electron chi connectivity index (χ0n) is 30.0. The molecule has 0 bridgehead atoms. The Kier molecular flexibility index (Phi) is 28.6. The van der Waals surface area contributed by atoms with E-state index < -0.39 is 32.5 Å². The van der Waals surface area contributed by atoms with Crippen LogP contribution in [0.1, 0.15) is 142 Å². The van der Waals surface area contributed by atoms with Gasteiger partial charge < -0.3 is 27.9 Å². The Morgan fingerprint density at radius 2 is 1.22 bits per heavy atom. The molecule has 0 amide bonds. The predicted octanol–water partition coefficient (Wildman–Crippen LogP) is 8.60. The average molecular weight is 674 g/mol. The van der Waals surface area contributed by atoms with E-state index in [9.17, 15) is 19.0 Å². The van der Waals surface area contributed by atoms with Crippen molar-refractivity contribution < 1.29 is 42.1 Å². The molecule has 0 spiro atoms. The minimum atomic E-state index is -4.59. The number of carbonyl (C=O) groups is 2. The molecule has 0 rings (SSSR count). The quantitative estimate of drug-likeness (QED) is 0.0230. The largest absolute Gasteiger partial charge is 0.756 e. The normalized spacial score (nSPS) is 14.1. The van der Waals surface area contributed by atoms with Gasteiger partial charge in [-0.2, -0.15) is 0 Å². The van der Waals surface area contributed by atoms with Crippen LogP contribution >= 0.6 is 7.82 Å². The average Bonchev–Trinajstić information content (AvgIpc) is 2.98. The van der Waals surface area contributed by atoms with E-state index in [4.69, 9.17) is 18.5 Å². The van der Waals surface area contributed by atoms with E-state index >= 15 is 0 Å². The van der Waals surface area contributed by atoms with Crippen LogP contribution in [0.5, 0.6) is 0 Å². The van der Waals surface area contributed by atoms with E-state index in [2.05, 4.69) is 31.2 Å². The van der Waals surface area contributed by atoms with Crippen molar-refractivity contribution in [2.45, 2.75) is 148 Å². The van der Waals surface area contributed by atoms with E-state index in [1.807, 2.05) is 28.1 Å². The van der Waals surface area contributed by atoms with Crippen LogP contribution in [0.2, 0.25) is 0 Å². The van der Waals surface area contributed by atoms with Gasteiger partial charge in [-0.25, -0.2) is 0 Å². The molecular formula is C36H68NO8P. The van der Waals surface area contributed by atoms with Crippen molar-refractivity contribution in [3.8, 4) is 0 Å². The molecule has 2 unspecified atom stereocenters. The molecule has 0 saturated carbocycles. The Hall–Kier alpha value is -1.51. The topological polar surface area (TPSA) is 111 Å². The Morgan fingerprint density at radius 1 is 0.674 bits per heavy atom. The maximum absolute atomic E-state index is 12.4. The number of phosphoric acid groups is 1. The van der Waals surface area contributed by atoms with Crippen LogP contribution < -0.4 is 4.89 Å². The molecule has 0 aliphatic rings. The molecule has 0 aromatic heterocycles. The molecule has 0 radical (unpaired) electrons. The van der Waals surface area contributed by atoms with Crippen LogP contribution in [0.25, 0.3) is 0 Å². The number of carbonyl (C=O) groups excluding carboxylic acids is 2. The standard InChI is InChI=1S/C36H68NO8P/c1-6-8-9-10-11-12-13-14-15-16-17-18-19-20-21-22-23-24-25-26-27-29-36(39)45-34(32-42-35(38)28-7-2)33-44-46(40,41)43-31-30-37(3,4)5/h13-14,16-17,34H,6-12,15,18-33H2,1-5H3/b14-13-,17-16-. The summed E-state index contributed by atoms with van der Waals surface area (Å²) in [4.78, 5) is 36.4. The van der Waals surface area contributed by atoms with Crippen LogP contribution in [-0.2, 0) is 32.7 Å². The van der Waals surface area contributed by atoms with Crippen LogP contribution in [0.3, 0.4) is 0 Å². The molecule has 0 aliphatic heterocycles. The number of likely N-dealkylation sites (N-methyl/N-ethyl adjacent to an activating group) is 1. The lowest BCUT2D eigenvalue weighted by atomic mass is 10.1. The van der Waals surface area contributed by atoms with Crippen molar-refractivity contribution in [1.82, 2.24) is 0 Å². The summed E-state index contributed by atoms with van der Waals surface area (Å²) >= 11 is 0. The van der Waals surface area contributed by atoms with Crippen LogP contribution in [0, 0.1) is 0 Å². The Bertz CT molecular complexity index is 855. The number of unbranched alkanes of at least 4 members (excludes halogenated alkanes) is 14. The summed E-state index contributed by atoms with van der Waals surface area (Å²) in [6.45, 7) is 3.80. The number of hydrogen-bond acceptors (Lipinski definition) is 8. The number of rotatable bonds is 32. The fourth-order valence-electron chi connectivity index (χ4n) is 4.60. The predicted molar refractivity (Wildman–Crippen MR) is 185 cm³/mol. The summed E-state index contributed by atoms with van der Waals surface area (Å²) in [6.07, 6.45) is 29.5. The number of hydrogen-bond donors (Lipinski definition) is 0. The maximum atomic E-state index is 12.4. The van der Waals surface area contributed by atoms with Crippen molar-refractivity contribution in [3.05, 3.63) is 24.3 Å². The molecule has 0 heterocycles. The van der Waals surface area contributed by atoms with Crippen molar-refractivity contribution in [2.75, 3.05) is 47.5 Å². The van der Waals surface area contributed by atoms with E-state index in [1.54, 1.807) is 0 Å². The molecule has 0 N–H and O–H groups in total. The number of phosphoric ester groups is 1. The van der Waals surface area contributed by atoms with Gasteiger partial charge in [-0.15, -0.1) is 0 Å². The van der Waals surface area contributed by atoms with Gasteiger partial charge in [0.1, 0.15) is 19.8 Å². The first-order valence-corrected chi connectivity index (χ1v) is 19.5. The highest BCUT2D eigenvalue weighted by Gasteiger charge is 2.21. The highest BCUT2D eigenvalue weighted by molar-refractivity contribution is 7.45. The van der Waals surface area contributed by atoms with Crippen molar-refractivity contribution >= 4 is 19.8 Å². The van der Waals surface area contributed by atoms with Crippen molar-refractivity contribution in [3.63, 3.8) is 0 Å². The van der Waals surface area contributed by atoms with E-state index in [1.165, 1.54) is 70.6 Å². The summed E-state index contributed by atoms with van der Waals surface area (Å²) < 4.78 is 33.1. The smallest absolute Gasteiger partial charge is 0.306 e. The number of allylic oxidation sites excluding steroid dienone is 4. The van der Waals surface area contributed by atoms with Gasteiger partial charge in [0.05, 0.1) is 27.7 Å². The second-order valence-electron chi connectivity index (χ2n) is 13.2. The van der Waals surface area contributed by atoms with Gasteiger partial charge in [0.25, 0.3) is 7.82 Å². The second-order valence-corrected chi connectivity index (χ2v) is 14.6. The van der Waals surface area contributed by atoms with Gasteiger partial charge in [-0.05, 0) is 44.9 Å². The molecule has 0 aromatic rings. The van der Waals surface area contributed by atoms with E-state index in [0.717, 1.165) is 32.1 Å². The SMILES string of the molecule is CCCCCCC/C=C\C/C=C\CCCCCCCCCCCC(=O)OC(COC(=O)CCC)COP(=O)([O-])OCC[N+](C)(C)C. The highest BCUT2D eigenvalue weighted by atomic mass is 31.2. The Balaban J connectivity index is 4.02. The maximum Gasteiger partial charge on any atom is 0.306 e.